The monoisotopic (exact) mass is 260 g/mol. The summed E-state index contributed by atoms with van der Waals surface area (Å²) in [6.45, 7) is 7.68. The van der Waals surface area contributed by atoms with E-state index in [0.717, 1.165) is 0 Å². The Balaban J connectivity index is 1.68. The van der Waals surface area contributed by atoms with E-state index in [2.05, 4.69) is 0 Å². The van der Waals surface area contributed by atoms with Gasteiger partial charge in [0.15, 0.2) is 17.9 Å². The van der Waals surface area contributed by atoms with Gasteiger partial charge in [-0.25, -0.2) is 0 Å². The van der Waals surface area contributed by atoms with Crippen molar-refractivity contribution < 1.29 is 28.8 Å². The van der Waals surface area contributed by atoms with E-state index in [1.165, 1.54) is 0 Å². The Kier molecular flexibility index (Phi) is 2.75. The SMILES string of the molecule is CC1(C)OC2OC([C@@H]3COC(C)(C)O3)C(O)C2O1. The Labute approximate surface area is 106 Å². The maximum atomic E-state index is 10.3. The third kappa shape index (κ3) is 2.07. The molecule has 0 aromatic rings. The largest absolute Gasteiger partial charge is 0.387 e. The molecule has 0 bridgehead atoms. The molecule has 3 aliphatic rings. The highest BCUT2D eigenvalue weighted by atomic mass is 16.8. The molecule has 3 fully saturated rings. The summed E-state index contributed by atoms with van der Waals surface area (Å²) in [6, 6.07) is 0. The summed E-state index contributed by atoms with van der Waals surface area (Å²) >= 11 is 0. The van der Waals surface area contributed by atoms with Crippen LogP contribution in [0, 0.1) is 0 Å². The van der Waals surface area contributed by atoms with E-state index < -0.39 is 36.2 Å². The second kappa shape index (κ2) is 3.88. The van der Waals surface area contributed by atoms with Gasteiger partial charge in [0.1, 0.15) is 24.4 Å². The molecule has 3 aliphatic heterocycles. The first kappa shape index (κ1) is 12.8. The van der Waals surface area contributed by atoms with Gasteiger partial charge in [0.25, 0.3) is 0 Å². The maximum absolute atomic E-state index is 10.3. The van der Waals surface area contributed by atoms with Crippen LogP contribution in [0.3, 0.4) is 0 Å². The third-order valence-corrected chi connectivity index (χ3v) is 3.45. The van der Waals surface area contributed by atoms with Gasteiger partial charge in [-0.05, 0) is 27.7 Å². The Morgan fingerprint density at radius 3 is 2.22 bits per heavy atom. The van der Waals surface area contributed by atoms with Crippen LogP contribution in [0.25, 0.3) is 0 Å². The van der Waals surface area contributed by atoms with Gasteiger partial charge in [0.2, 0.25) is 0 Å². The van der Waals surface area contributed by atoms with E-state index in [1.54, 1.807) is 13.8 Å². The van der Waals surface area contributed by atoms with E-state index >= 15 is 0 Å². The zero-order valence-electron chi connectivity index (χ0n) is 11.1. The van der Waals surface area contributed by atoms with Crippen molar-refractivity contribution in [1.82, 2.24) is 0 Å². The van der Waals surface area contributed by atoms with Crippen molar-refractivity contribution in [3.05, 3.63) is 0 Å². The number of ether oxygens (including phenoxy) is 5. The number of rotatable bonds is 1. The first-order valence-electron chi connectivity index (χ1n) is 6.28. The van der Waals surface area contributed by atoms with Gasteiger partial charge in [-0.3, -0.25) is 0 Å². The lowest BCUT2D eigenvalue weighted by Gasteiger charge is -2.26. The molecule has 104 valence electrons. The minimum atomic E-state index is -0.765. The molecule has 5 atom stereocenters. The molecule has 3 saturated heterocycles. The summed E-state index contributed by atoms with van der Waals surface area (Å²) in [6.07, 6.45) is -2.53. The van der Waals surface area contributed by atoms with Crippen LogP contribution in [0.4, 0.5) is 0 Å². The Morgan fingerprint density at radius 2 is 1.67 bits per heavy atom. The van der Waals surface area contributed by atoms with Crippen LogP contribution in [-0.4, -0.2) is 54.0 Å². The fraction of sp³-hybridized carbons (Fsp3) is 1.00. The first-order valence-corrected chi connectivity index (χ1v) is 6.28. The highest BCUT2D eigenvalue weighted by Gasteiger charge is 2.57. The van der Waals surface area contributed by atoms with Gasteiger partial charge in [0.05, 0.1) is 6.61 Å². The number of aliphatic hydroxyl groups excluding tert-OH is 1. The maximum Gasteiger partial charge on any atom is 0.190 e. The zero-order valence-corrected chi connectivity index (χ0v) is 11.1. The number of hydrogen-bond acceptors (Lipinski definition) is 6. The smallest absolute Gasteiger partial charge is 0.190 e. The van der Waals surface area contributed by atoms with Crippen LogP contribution in [0.5, 0.6) is 0 Å². The molecular formula is C12H20O6. The van der Waals surface area contributed by atoms with Crippen LogP contribution in [-0.2, 0) is 23.7 Å². The third-order valence-electron chi connectivity index (χ3n) is 3.45. The lowest BCUT2D eigenvalue weighted by molar-refractivity contribution is -0.232. The molecular weight excluding hydrogens is 240 g/mol. The quantitative estimate of drug-likeness (QED) is 0.735. The molecule has 1 N–H and O–H groups in total. The lowest BCUT2D eigenvalue weighted by Crippen LogP contribution is -2.42. The van der Waals surface area contributed by atoms with Gasteiger partial charge in [-0.15, -0.1) is 0 Å². The summed E-state index contributed by atoms with van der Waals surface area (Å²) in [7, 11) is 0. The van der Waals surface area contributed by atoms with E-state index in [0.29, 0.717) is 6.61 Å². The molecule has 0 amide bonds. The molecule has 0 saturated carbocycles. The molecule has 0 spiro atoms. The topological polar surface area (TPSA) is 66.4 Å². The summed E-state index contributed by atoms with van der Waals surface area (Å²) < 4.78 is 28.1. The molecule has 0 aromatic carbocycles. The van der Waals surface area contributed by atoms with Gasteiger partial charge >= 0.3 is 0 Å². The van der Waals surface area contributed by atoms with Crippen molar-refractivity contribution in [3.8, 4) is 0 Å². The fourth-order valence-corrected chi connectivity index (χ4v) is 2.70. The van der Waals surface area contributed by atoms with Gasteiger partial charge in [-0.1, -0.05) is 0 Å². The van der Waals surface area contributed by atoms with Crippen LogP contribution in [0.15, 0.2) is 0 Å². The second-order valence-corrected chi connectivity index (χ2v) is 5.93. The zero-order chi connectivity index (χ0) is 13.1. The summed E-state index contributed by atoms with van der Waals surface area (Å²) in [5, 5.41) is 10.3. The molecule has 0 aromatic heterocycles. The van der Waals surface area contributed by atoms with E-state index in [4.69, 9.17) is 23.7 Å². The normalized spacial score (nSPS) is 49.5. The molecule has 6 nitrogen and oxygen atoms in total. The lowest BCUT2D eigenvalue weighted by atomic mass is 10.1. The molecule has 0 aliphatic carbocycles. The van der Waals surface area contributed by atoms with Crippen molar-refractivity contribution in [1.29, 1.82) is 0 Å². The van der Waals surface area contributed by atoms with Gasteiger partial charge < -0.3 is 28.8 Å². The van der Waals surface area contributed by atoms with Crippen molar-refractivity contribution in [3.63, 3.8) is 0 Å². The highest BCUT2D eigenvalue weighted by molar-refractivity contribution is 4.97. The van der Waals surface area contributed by atoms with Crippen LogP contribution < -0.4 is 0 Å². The van der Waals surface area contributed by atoms with Crippen LogP contribution in [0.1, 0.15) is 27.7 Å². The Morgan fingerprint density at radius 1 is 0.944 bits per heavy atom. The predicted octanol–water partition coefficient (Wildman–Crippen LogP) is 0.375. The van der Waals surface area contributed by atoms with Gasteiger partial charge in [-0.2, -0.15) is 0 Å². The summed E-state index contributed by atoms with van der Waals surface area (Å²) in [5.74, 6) is -1.35. The standard InChI is InChI=1S/C12H20O6/c1-11(2)14-5-6(16-11)8-7(13)9-10(15-8)18-12(3,4)17-9/h6-10,13H,5H2,1-4H3/t6-,7?,8?,9?,10?/m0/s1. The second-order valence-electron chi connectivity index (χ2n) is 5.93. The first-order chi connectivity index (χ1) is 8.27. The van der Waals surface area contributed by atoms with Crippen molar-refractivity contribution in [2.75, 3.05) is 6.61 Å². The van der Waals surface area contributed by atoms with E-state index in [-0.39, 0.29) is 6.10 Å². The molecule has 0 radical (unpaired) electrons. The number of aliphatic hydroxyl groups is 1. The van der Waals surface area contributed by atoms with Crippen LogP contribution in [0.2, 0.25) is 0 Å². The fourth-order valence-electron chi connectivity index (χ4n) is 2.70. The minimum Gasteiger partial charge on any atom is -0.387 e. The highest BCUT2D eigenvalue weighted by Crippen LogP contribution is 2.40. The van der Waals surface area contributed by atoms with Crippen molar-refractivity contribution in [2.45, 2.75) is 70.0 Å². The molecule has 3 heterocycles. The van der Waals surface area contributed by atoms with Gasteiger partial charge in [0, 0.05) is 0 Å². The summed E-state index contributed by atoms with van der Waals surface area (Å²) in [5.41, 5.74) is 0. The van der Waals surface area contributed by atoms with Crippen molar-refractivity contribution >= 4 is 0 Å². The average molecular weight is 260 g/mol. The van der Waals surface area contributed by atoms with E-state index in [9.17, 15) is 5.11 Å². The number of hydrogen-bond donors (Lipinski definition) is 1. The molecule has 4 unspecified atom stereocenters. The Bertz CT molecular complexity index is 341. The average Bonchev–Trinajstić information content (AvgIpc) is 2.81. The molecule has 3 rings (SSSR count). The molecule has 6 heteroatoms. The van der Waals surface area contributed by atoms with Crippen molar-refractivity contribution in [2.24, 2.45) is 0 Å². The predicted molar refractivity (Wildman–Crippen MR) is 59.6 cm³/mol. The minimum absolute atomic E-state index is 0.295. The van der Waals surface area contributed by atoms with E-state index in [1.807, 2.05) is 13.8 Å². The van der Waals surface area contributed by atoms with Crippen LogP contribution >= 0.6 is 0 Å². The molecule has 18 heavy (non-hydrogen) atoms. The summed E-state index contributed by atoms with van der Waals surface area (Å²) in [4.78, 5) is 0. The number of fused-ring (bicyclic) bond motifs is 1. The Hall–Kier alpha value is -0.240.